The molecule has 1 N–H and O–H groups in total. The zero-order chi connectivity index (χ0) is 14.6. The summed E-state index contributed by atoms with van der Waals surface area (Å²) in [5.74, 6) is 0. The number of benzene rings is 1. The van der Waals surface area contributed by atoms with Crippen LogP contribution in [-0.4, -0.2) is 16.6 Å². The number of nitrogens with zero attached hydrogens (tertiary/aromatic N) is 1. The zero-order valence-corrected chi connectivity index (χ0v) is 11.7. The molecule has 4 rings (SSSR count). The first-order valence-corrected chi connectivity index (χ1v) is 6.77. The summed E-state index contributed by atoms with van der Waals surface area (Å²) < 4.78 is 4.80. The first kappa shape index (κ1) is 14.6. The lowest BCUT2D eigenvalue weighted by atomic mass is 10.3. The van der Waals surface area contributed by atoms with Crippen molar-refractivity contribution >= 4 is 10.9 Å². The number of rotatable bonds is 0. The van der Waals surface area contributed by atoms with E-state index in [9.17, 15) is 0 Å². The number of H-pyrrole nitrogens is 1. The van der Waals surface area contributed by atoms with Crippen molar-refractivity contribution in [2.24, 2.45) is 0 Å². The predicted molar refractivity (Wildman–Crippen MR) is 86.8 cm³/mol. The monoisotopic (exact) mass is 278 g/mol. The minimum atomic E-state index is 0.733. The van der Waals surface area contributed by atoms with E-state index in [1.165, 1.54) is 10.9 Å². The van der Waals surface area contributed by atoms with Gasteiger partial charge in [0.25, 0.3) is 0 Å². The van der Waals surface area contributed by atoms with Gasteiger partial charge in [-0.1, -0.05) is 30.3 Å². The summed E-state index contributed by atoms with van der Waals surface area (Å²) in [7, 11) is 0. The van der Waals surface area contributed by atoms with Crippen LogP contribution in [0.2, 0.25) is 0 Å². The second-order valence-corrected chi connectivity index (χ2v) is 4.18. The lowest BCUT2D eigenvalue weighted by Crippen LogP contribution is -1.82. The van der Waals surface area contributed by atoms with Crippen molar-refractivity contribution in [2.75, 3.05) is 6.61 Å². The topological polar surface area (TPSA) is 37.9 Å². The number of hydrogen-bond donors (Lipinski definition) is 1. The molecule has 0 aliphatic carbocycles. The van der Waals surface area contributed by atoms with Crippen molar-refractivity contribution in [3.8, 4) is 0 Å². The summed E-state index contributed by atoms with van der Waals surface area (Å²) in [5, 5.41) is 1.28. The minimum Gasteiger partial charge on any atom is -0.497 e. The van der Waals surface area contributed by atoms with Crippen LogP contribution >= 0.6 is 0 Å². The molecule has 1 aliphatic rings. The lowest BCUT2D eigenvalue weighted by molar-refractivity contribution is 0.286. The summed E-state index contributed by atoms with van der Waals surface area (Å²) in [6.45, 7) is 0.733. The Morgan fingerprint density at radius 2 is 1.76 bits per heavy atom. The average molecular weight is 278 g/mol. The van der Waals surface area contributed by atoms with Gasteiger partial charge in [0.1, 0.15) is 6.61 Å². The number of aromatic amines is 1. The third kappa shape index (κ3) is 5.78. The Bertz CT molecular complexity index is 603. The molecule has 0 unspecified atom stereocenters. The third-order valence-corrected chi connectivity index (χ3v) is 2.64. The van der Waals surface area contributed by atoms with Gasteiger partial charge in [0.2, 0.25) is 0 Å². The Hall–Kier alpha value is -2.81. The SMILES string of the molecule is C1=CCOC=C1.c1ccc2[nH]ccc2c1.c1ccncc1. The maximum Gasteiger partial charge on any atom is 0.106 e. The standard InChI is InChI=1S/C8H7N.C5H5N.C5H6O/c1-2-4-8-7(3-1)5-6-9-8;2*1-2-4-6-5-3-1/h1-6,9H;1-5H;1-4H,5H2. The highest BCUT2D eigenvalue weighted by Gasteiger charge is 1.86. The molecule has 1 aromatic carbocycles. The van der Waals surface area contributed by atoms with E-state index in [1.54, 1.807) is 18.7 Å². The summed E-state index contributed by atoms with van der Waals surface area (Å²) in [6, 6.07) is 16.0. The van der Waals surface area contributed by atoms with Crippen molar-refractivity contribution in [1.29, 1.82) is 0 Å². The van der Waals surface area contributed by atoms with Crippen LogP contribution in [0.1, 0.15) is 0 Å². The highest BCUT2D eigenvalue weighted by molar-refractivity contribution is 5.78. The van der Waals surface area contributed by atoms with Gasteiger partial charge in [-0.25, -0.2) is 0 Å². The molecule has 21 heavy (non-hydrogen) atoms. The third-order valence-electron chi connectivity index (χ3n) is 2.64. The van der Waals surface area contributed by atoms with Crippen LogP contribution in [-0.2, 0) is 4.74 Å². The van der Waals surface area contributed by atoms with Crippen molar-refractivity contribution < 1.29 is 4.74 Å². The van der Waals surface area contributed by atoms with Crippen LogP contribution in [0.25, 0.3) is 10.9 Å². The van der Waals surface area contributed by atoms with Gasteiger partial charge in [0.05, 0.1) is 6.26 Å². The number of allylic oxidation sites excluding steroid dienone is 2. The van der Waals surface area contributed by atoms with Gasteiger partial charge in [0.15, 0.2) is 0 Å². The number of pyridine rings is 1. The molecule has 106 valence electrons. The Kier molecular flexibility index (Phi) is 6.36. The quantitative estimate of drug-likeness (QED) is 0.664. The molecule has 3 aromatic rings. The average Bonchev–Trinajstić information content (AvgIpc) is 3.08. The highest BCUT2D eigenvalue weighted by atomic mass is 16.5. The normalized spacial score (nSPS) is 11.6. The molecule has 1 aliphatic heterocycles. The van der Waals surface area contributed by atoms with E-state index in [1.807, 2.05) is 54.8 Å². The van der Waals surface area contributed by atoms with Crippen LogP contribution in [0.4, 0.5) is 0 Å². The number of nitrogens with one attached hydrogen (secondary N) is 1. The molecule has 0 atom stereocenters. The van der Waals surface area contributed by atoms with E-state index >= 15 is 0 Å². The van der Waals surface area contributed by atoms with Gasteiger partial charge in [0, 0.05) is 24.1 Å². The Morgan fingerprint density at radius 1 is 0.905 bits per heavy atom. The number of hydrogen-bond acceptors (Lipinski definition) is 2. The molecule has 0 fully saturated rings. The molecule has 2 aromatic heterocycles. The molecule has 0 radical (unpaired) electrons. The van der Waals surface area contributed by atoms with Crippen LogP contribution in [0.3, 0.4) is 0 Å². The Morgan fingerprint density at radius 3 is 2.24 bits per heavy atom. The summed E-state index contributed by atoms with van der Waals surface area (Å²) in [5.41, 5.74) is 1.21. The molecular weight excluding hydrogens is 260 g/mol. The van der Waals surface area contributed by atoms with Gasteiger partial charge < -0.3 is 9.72 Å². The maximum atomic E-state index is 4.80. The van der Waals surface area contributed by atoms with E-state index in [4.69, 9.17) is 4.74 Å². The fourth-order valence-electron chi connectivity index (χ4n) is 1.65. The van der Waals surface area contributed by atoms with Crippen molar-refractivity contribution in [1.82, 2.24) is 9.97 Å². The van der Waals surface area contributed by atoms with E-state index in [0.29, 0.717) is 0 Å². The smallest absolute Gasteiger partial charge is 0.106 e. The molecule has 3 nitrogen and oxygen atoms in total. The van der Waals surface area contributed by atoms with E-state index < -0.39 is 0 Å². The molecule has 0 amide bonds. The number of para-hydroxylation sites is 1. The molecule has 0 saturated carbocycles. The number of ether oxygens (including phenoxy) is 1. The molecule has 0 spiro atoms. The van der Waals surface area contributed by atoms with Crippen LogP contribution < -0.4 is 0 Å². The Balaban J connectivity index is 0.000000120. The molecule has 0 bridgehead atoms. The lowest BCUT2D eigenvalue weighted by Gasteiger charge is -1.94. The van der Waals surface area contributed by atoms with Crippen LogP contribution in [0, 0.1) is 0 Å². The van der Waals surface area contributed by atoms with Crippen LogP contribution in [0.15, 0.2) is 91.6 Å². The van der Waals surface area contributed by atoms with Gasteiger partial charge in [-0.05, 0) is 41.8 Å². The first-order valence-electron chi connectivity index (χ1n) is 6.77. The minimum absolute atomic E-state index is 0.733. The van der Waals surface area contributed by atoms with Gasteiger partial charge >= 0.3 is 0 Å². The van der Waals surface area contributed by atoms with Gasteiger partial charge in [-0.3, -0.25) is 4.98 Å². The molecule has 0 saturated heterocycles. The van der Waals surface area contributed by atoms with E-state index in [-0.39, 0.29) is 0 Å². The predicted octanol–water partition coefficient (Wildman–Crippen LogP) is 4.34. The molecular formula is C18H18N2O. The largest absolute Gasteiger partial charge is 0.497 e. The zero-order valence-electron chi connectivity index (χ0n) is 11.7. The number of fused-ring (bicyclic) bond motifs is 1. The summed E-state index contributed by atoms with van der Waals surface area (Å²) in [6.07, 6.45) is 12.9. The van der Waals surface area contributed by atoms with Crippen LogP contribution in [0.5, 0.6) is 0 Å². The second-order valence-electron chi connectivity index (χ2n) is 4.18. The van der Waals surface area contributed by atoms with Crippen molar-refractivity contribution in [2.45, 2.75) is 0 Å². The van der Waals surface area contributed by atoms with E-state index in [0.717, 1.165) is 6.61 Å². The molecule has 3 heterocycles. The van der Waals surface area contributed by atoms with Gasteiger partial charge in [-0.15, -0.1) is 0 Å². The summed E-state index contributed by atoms with van der Waals surface area (Å²) in [4.78, 5) is 6.90. The Labute approximate surface area is 124 Å². The second kappa shape index (κ2) is 9.15. The summed E-state index contributed by atoms with van der Waals surface area (Å²) >= 11 is 0. The van der Waals surface area contributed by atoms with E-state index in [2.05, 4.69) is 28.2 Å². The number of aromatic nitrogens is 2. The molecule has 3 heteroatoms. The fourth-order valence-corrected chi connectivity index (χ4v) is 1.65. The first-order chi connectivity index (χ1) is 10.5. The fraction of sp³-hybridized carbons (Fsp3) is 0.0556. The van der Waals surface area contributed by atoms with Gasteiger partial charge in [-0.2, -0.15) is 0 Å². The highest BCUT2D eigenvalue weighted by Crippen LogP contribution is 2.09. The van der Waals surface area contributed by atoms with Crippen molar-refractivity contribution in [3.63, 3.8) is 0 Å². The maximum absolute atomic E-state index is 4.80. The van der Waals surface area contributed by atoms with Crippen molar-refractivity contribution in [3.05, 3.63) is 91.6 Å².